The van der Waals surface area contributed by atoms with Gasteiger partial charge in [-0.25, -0.2) is 0 Å². The number of ether oxygens (including phenoxy) is 1. The first kappa shape index (κ1) is 13.4. The molecule has 0 saturated carbocycles. The van der Waals surface area contributed by atoms with E-state index in [1.165, 1.54) is 0 Å². The third kappa shape index (κ3) is 4.03. The summed E-state index contributed by atoms with van der Waals surface area (Å²) in [7, 11) is 0. The largest absolute Gasteiger partial charge is 0.481 e. The van der Waals surface area contributed by atoms with Crippen LogP contribution in [0.1, 0.15) is 35.9 Å². The van der Waals surface area contributed by atoms with Gasteiger partial charge in [-0.15, -0.1) is 0 Å². The highest BCUT2D eigenvalue weighted by molar-refractivity contribution is 5.72. The molecule has 0 saturated heterocycles. The van der Waals surface area contributed by atoms with E-state index in [2.05, 4.69) is 0 Å². The van der Waals surface area contributed by atoms with Crippen LogP contribution in [0.2, 0.25) is 0 Å². The molecule has 0 amide bonds. The molecular formula is C12H17NO4. The number of carbonyl (C=O) groups is 2. The molecule has 0 spiro atoms. The van der Waals surface area contributed by atoms with E-state index in [9.17, 15) is 9.59 Å². The maximum absolute atomic E-state index is 10.8. The maximum atomic E-state index is 10.8. The molecule has 1 aromatic heterocycles. The molecule has 0 aliphatic rings. The Kier molecular flexibility index (Phi) is 5.42. The van der Waals surface area contributed by atoms with Crippen LogP contribution >= 0.6 is 0 Å². The molecule has 0 aromatic carbocycles. The molecule has 5 nitrogen and oxygen atoms in total. The van der Waals surface area contributed by atoms with Crippen molar-refractivity contribution in [3.8, 4) is 0 Å². The van der Waals surface area contributed by atoms with Crippen molar-refractivity contribution in [2.75, 3.05) is 6.61 Å². The van der Waals surface area contributed by atoms with E-state index in [-0.39, 0.29) is 6.42 Å². The van der Waals surface area contributed by atoms with E-state index < -0.39 is 5.97 Å². The van der Waals surface area contributed by atoms with E-state index in [0.717, 1.165) is 12.0 Å². The molecule has 0 bridgehead atoms. The van der Waals surface area contributed by atoms with Crippen LogP contribution in [0.15, 0.2) is 12.1 Å². The SMILES string of the molecule is CCOCc1ccc(C=O)n1CCCC(=O)O. The monoisotopic (exact) mass is 239 g/mol. The molecule has 1 N–H and O–H groups in total. The molecule has 0 aliphatic carbocycles. The van der Waals surface area contributed by atoms with Gasteiger partial charge >= 0.3 is 5.97 Å². The third-order valence-electron chi connectivity index (χ3n) is 2.45. The van der Waals surface area contributed by atoms with Crippen LogP contribution in [0.5, 0.6) is 0 Å². The van der Waals surface area contributed by atoms with Crippen LogP contribution in [-0.2, 0) is 22.7 Å². The zero-order valence-electron chi connectivity index (χ0n) is 9.89. The van der Waals surface area contributed by atoms with Gasteiger partial charge in [0.2, 0.25) is 0 Å². The standard InChI is InChI=1S/C12H17NO4/c1-2-17-9-11-6-5-10(8-14)13(11)7-3-4-12(15)16/h5-6,8H,2-4,7,9H2,1H3,(H,15,16). The van der Waals surface area contributed by atoms with Gasteiger partial charge in [-0.2, -0.15) is 0 Å². The summed E-state index contributed by atoms with van der Waals surface area (Å²) in [5, 5.41) is 8.58. The van der Waals surface area contributed by atoms with E-state index in [1.807, 2.05) is 17.6 Å². The number of carbonyl (C=O) groups excluding carboxylic acids is 1. The summed E-state index contributed by atoms with van der Waals surface area (Å²) in [6, 6.07) is 3.56. The van der Waals surface area contributed by atoms with Gasteiger partial charge < -0.3 is 14.4 Å². The van der Waals surface area contributed by atoms with Gasteiger partial charge in [0.1, 0.15) is 0 Å². The lowest BCUT2D eigenvalue weighted by molar-refractivity contribution is -0.137. The molecule has 5 heteroatoms. The van der Waals surface area contributed by atoms with Crippen molar-refractivity contribution in [2.45, 2.75) is 32.9 Å². The Morgan fingerprint density at radius 2 is 2.29 bits per heavy atom. The summed E-state index contributed by atoms with van der Waals surface area (Å²) in [6.45, 7) is 3.47. The van der Waals surface area contributed by atoms with Crippen molar-refractivity contribution in [1.82, 2.24) is 4.57 Å². The summed E-state index contributed by atoms with van der Waals surface area (Å²) in [4.78, 5) is 21.3. The fourth-order valence-electron chi connectivity index (χ4n) is 1.62. The summed E-state index contributed by atoms with van der Waals surface area (Å²) in [6.07, 6.45) is 1.38. The number of carboxylic acid groups (broad SMARTS) is 1. The molecular weight excluding hydrogens is 222 g/mol. The van der Waals surface area contributed by atoms with Crippen molar-refractivity contribution in [3.63, 3.8) is 0 Å². The van der Waals surface area contributed by atoms with Crippen molar-refractivity contribution in [2.24, 2.45) is 0 Å². The topological polar surface area (TPSA) is 68.5 Å². The number of aliphatic carboxylic acids is 1. The normalized spacial score (nSPS) is 10.4. The number of nitrogens with zero attached hydrogens (tertiary/aromatic N) is 1. The maximum Gasteiger partial charge on any atom is 0.303 e. The number of hydrogen-bond acceptors (Lipinski definition) is 3. The number of hydrogen-bond donors (Lipinski definition) is 1. The third-order valence-corrected chi connectivity index (χ3v) is 2.45. The Bertz CT molecular complexity index is 384. The summed E-state index contributed by atoms with van der Waals surface area (Å²) < 4.78 is 7.10. The number of aromatic nitrogens is 1. The molecule has 0 aliphatic heterocycles. The Morgan fingerprint density at radius 3 is 2.88 bits per heavy atom. The van der Waals surface area contributed by atoms with Crippen molar-refractivity contribution in [1.29, 1.82) is 0 Å². The minimum absolute atomic E-state index is 0.102. The van der Waals surface area contributed by atoms with Gasteiger partial charge in [-0.3, -0.25) is 9.59 Å². The molecule has 0 atom stereocenters. The van der Waals surface area contributed by atoms with Crippen molar-refractivity contribution < 1.29 is 19.4 Å². The highest BCUT2D eigenvalue weighted by Gasteiger charge is 2.08. The lowest BCUT2D eigenvalue weighted by atomic mass is 10.3. The van der Waals surface area contributed by atoms with Crippen molar-refractivity contribution >= 4 is 12.3 Å². The van der Waals surface area contributed by atoms with Crippen LogP contribution in [0, 0.1) is 0 Å². The van der Waals surface area contributed by atoms with Gasteiger partial charge in [0.15, 0.2) is 6.29 Å². The van der Waals surface area contributed by atoms with Crippen LogP contribution in [0.3, 0.4) is 0 Å². The second kappa shape index (κ2) is 6.85. The number of aldehydes is 1. The molecule has 0 fully saturated rings. The van der Waals surface area contributed by atoms with Crippen LogP contribution in [-0.4, -0.2) is 28.5 Å². The molecule has 17 heavy (non-hydrogen) atoms. The Morgan fingerprint density at radius 1 is 1.53 bits per heavy atom. The van der Waals surface area contributed by atoms with Crippen LogP contribution in [0.25, 0.3) is 0 Å². The predicted octanol–water partition coefficient (Wildman–Crippen LogP) is 1.70. The number of rotatable bonds is 8. The highest BCUT2D eigenvalue weighted by atomic mass is 16.5. The zero-order valence-corrected chi connectivity index (χ0v) is 9.89. The van der Waals surface area contributed by atoms with Crippen LogP contribution in [0.4, 0.5) is 0 Å². The molecule has 0 radical (unpaired) electrons. The van der Waals surface area contributed by atoms with Gasteiger partial charge in [-0.05, 0) is 25.5 Å². The summed E-state index contributed by atoms with van der Waals surface area (Å²) >= 11 is 0. The lowest BCUT2D eigenvalue weighted by Crippen LogP contribution is -2.09. The first-order valence-corrected chi connectivity index (χ1v) is 5.62. The predicted molar refractivity (Wildman–Crippen MR) is 62.0 cm³/mol. The van der Waals surface area contributed by atoms with E-state index in [4.69, 9.17) is 9.84 Å². The Balaban J connectivity index is 2.67. The molecule has 1 heterocycles. The highest BCUT2D eigenvalue weighted by Crippen LogP contribution is 2.11. The average Bonchev–Trinajstić information content (AvgIpc) is 2.68. The molecule has 94 valence electrons. The fraction of sp³-hybridized carbons (Fsp3) is 0.500. The first-order valence-electron chi connectivity index (χ1n) is 5.62. The average molecular weight is 239 g/mol. The second-order valence-electron chi connectivity index (χ2n) is 3.65. The summed E-state index contributed by atoms with van der Waals surface area (Å²) in [5.41, 5.74) is 1.46. The van der Waals surface area contributed by atoms with Crippen LogP contribution < -0.4 is 0 Å². The minimum atomic E-state index is -0.823. The Labute approximate surface area is 100 Å². The van der Waals surface area contributed by atoms with Gasteiger partial charge in [-0.1, -0.05) is 0 Å². The molecule has 1 aromatic rings. The summed E-state index contributed by atoms with van der Waals surface area (Å²) in [5.74, 6) is -0.823. The second-order valence-corrected chi connectivity index (χ2v) is 3.65. The Hall–Kier alpha value is -1.62. The fourth-order valence-corrected chi connectivity index (χ4v) is 1.62. The van der Waals surface area contributed by atoms with E-state index >= 15 is 0 Å². The minimum Gasteiger partial charge on any atom is -0.481 e. The molecule has 1 rings (SSSR count). The zero-order chi connectivity index (χ0) is 12.7. The smallest absolute Gasteiger partial charge is 0.303 e. The molecule has 0 unspecified atom stereocenters. The quantitative estimate of drug-likeness (QED) is 0.701. The number of carboxylic acids is 1. The first-order chi connectivity index (χ1) is 8.19. The lowest BCUT2D eigenvalue weighted by Gasteiger charge is -2.10. The van der Waals surface area contributed by atoms with E-state index in [1.54, 1.807) is 6.07 Å². The van der Waals surface area contributed by atoms with Crippen molar-refractivity contribution in [3.05, 3.63) is 23.5 Å². The van der Waals surface area contributed by atoms with E-state index in [0.29, 0.717) is 31.9 Å². The van der Waals surface area contributed by atoms with Gasteiger partial charge in [0, 0.05) is 25.3 Å². The van der Waals surface area contributed by atoms with Gasteiger partial charge in [0.05, 0.1) is 12.3 Å². The van der Waals surface area contributed by atoms with Gasteiger partial charge in [0.25, 0.3) is 0 Å².